The minimum atomic E-state index is -0.469. The van der Waals surface area contributed by atoms with E-state index < -0.39 is 5.60 Å². The summed E-state index contributed by atoms with van der Waals surface area (Å²) in [6.07, 6.45) is 9.98. The first kappa shape index (κ1) is 15.2. The molecular formula is C20H32O2. The number of hydrogen-bond donors (Lipinski definition) is 1. The Kier molecular flexibility index (Phi) is 3.16. The minimum Gasteiger partial charge on any atom is -0.390 e. The smallest absolute Gasteiger partial charge is 0.133 e. The van der Waals surface area contributed by atoms with Crippen LogP contribution in [0.1, 0.15) is 78.6 Å². The van der Waals surface area contributed by atoms with Gasteiger partial charge in [-0.2, -0.15) is 0 Å². The van der Waals surface area contributed by atoms with Gasteiger partial charge in [0.25, 0.3) is 0 Å². The molecule has 4 rings (SSSR count). The highest BCUT2D eigenvalue weighted by Crippen LogP contribution is 2.67. The molecule has 2 nitrogen and oxygen atoms in total. The zero-order chi connectivity index (χ0) is 15.8. The lowest BCUT2D eigenvalue weighted by molar-refractivity contribution is -0.152. The van der Waals surface area contributed by atoms with Crippen molar-refractivity contribution in [1.29, 1.82) is 0 Å². The molecule has 0 aliphatic heterocycles. The fourth-order valence-electron chi connectivity index (χ4n) is 7.29. The van der Waals surface area contributed by atoms with Crippen LogP contribution in [-0.4, -0.2) is 16.5 Å². The van der Waals surface area contributed by atoms with E-state index in [1.54, 1.807) is 0 Å². The molecule has 2 heteroatoms. The number of fused-ring (bicyclic) bond motifs is 5. The lowest BCUT2D eigenvalue weighted by Crippen LogP contribution is -2.55. The summed E-state index contributed by atoms with van der Waals surface area (Å²) >= 11 is 0. The van der Waals surface area contributed by atoms with Crippen LogP contribution in [0.3, 0.4) is 0 Å². The first-order chi connectivity index (χ1) is 10.3. The minimum absolute atomic E-state index is 0.127. The highest BCUT2D eigenvalue weighted by atomic mass is 16.3. The van der Waals surface area contributed by atoms with Crippen molar-refractivity contribution in [2.75, 3.05) is 0 Å². The fraction of sp³-hybridized carbons (Fsp3) is 0.950. The van der Waals surface area contributed by atoms with Crippen molar-refractivity contribution < 1.29 is 9.90 Å². The molecule has 0 aromatic heterocycles. The van der Waals surface area contributed by atoms with Crippen LogP contribution in [-0.2, 0) is 4.79 Å². The molecule has 4 aliphatic rings. The van der Waals surface area contributed by atoms with Gasteiger partial charge in [-0.3, -0.25) is 4.79 Å². The zero-order valence-corrected chi connectivity index (χ0v) is 14.5. The molecule has 4 saturated carbocycles. The van der Waals surface area contributed by atoms with Crippen LogP contribution in [0.5, 0.6) is 0 Å². The third kappa shape index (κ3) is 1.79. The van der Waals surface area contributed by atoms with E-state index in [1.165, 1.54) is 32.1 Å². The molecular weight excluding hydrogens is 272 g/mol. The van der Waals surface area contributed by atoms with Crippen LogP contribution < -0.4 is 0 Å². The maximum atomic E-state index is 11.9. The van der Waals surface area contributed by atoms with E-state index in [0.29, 0.717) is 23.0 Å². The second kappa shape index (κ2) is 4.59. The zero-order valence-electron chi connectivity index (χ0n) is 14.5. The van der Waals surface area contributed by atoms with Gasteiger partial charge in [-0.05, 0) is 86.4 Å². The third-order valence-corrected chi connectivity index (χ3v) is 9.04. The number of aliphatic hydroxyl groups is 1. The Morgan fingerprint density at radius 1 is 0.955 bits per heavy atom. The van der Waals surface area contributed by atoms with E-state index in [0.717, 1.165) is 37.5 Å². The summed E-state index contributed by atoms with van der Waals surface area (Å²) < 4.78 is 0. The lowest BCUT2D eigenvalue weighted by Gasteiger charge is -2.60. The van der Waals surface area contributed by atoms with E-state index in [1.807, 2.05) is 0 Å². The molecule has 124 valence electrons. The van der Waals surface area contributed by atoms with Crippen LogP contribution in [0.25, 0.3) is 0 Å². The summed E-state index contributed by atoms with van der Waals surface area (Å²) in [4.78, 5) is 11.9. The van der Waals surface area contributed by atoms with Gasteiger partial charge in [0.05, 0.1) is 5.60 Å². The number of ketones is 1. The number of carbonyl (C=O) groups is 1. The molecule has 7 atom stereocenters. The first-order valence-corrected chi connectivity index (χ1v) is 9.52. The second-order valence-corrected chi connectivity index (χ2v) is 9.67. The maximum Gasteiger partial charge on any atom is 0.133 e. The van der Waals surface area contributed by atoms with Gasteiger partial charge in [-0.25, -0.2) is 0 Å². The van der Waals surface area contributed by atoms with Crippen LogP contribution in [0.2, 0.25) is 0 Å². The highest BCUT2D eigenvalue weighted by Gasteiger charge is 2.63. The van der Waals surface area contributed by atoms with E-state index in [2.05, 4.69) is 20.8 Å². The van der Waals surface area contributed by atoms with E-state index in [9.17, 15) is 9.90 Å². The normalized spacial score (nSPS) is 57.9. The summed E-state index contributed by atoms with van der Waals surface area (Å²) in [5.74, 6) is 3.44. The molecule has 0 aromatic rings. The molecule has 1 unspecified atom stereocenters. The van der Waals surface area contributed by atoms with Gasteiger partial charge in [0.2, 0.25) is 0 Å². The molecule has 0 heterocycles. The van der Waals surface area contributed by atoms with Gasteiger partial charge in [-0.1, -0.05) is 13.8 Å². The van der Waals surface area contributed by atoms with Crippen molar-refractivity contribution in [3.63, 3.8) is 0 Å². The summed E-state index contributed by atoms with van der Waals surface area (Å²) in [6, 6.07) is 0. The van der Waals surface area contributed by atoms with Gasteiger partial charge in [0.15, 0.2) is 0 Å². The van der Waals surface area contributed by atoms with Crippen LogP contribution in [0.15, 0.2) is 0 Å². The Labute approximate surface area is 135 Å². The number of carbonyl (C=O) groups excluding carboxylic acids is 1. The number of Topliss-reactive ketones (excluding diaryl/α,β-unsaturated/α-hetero) is 1. The van der Waals surface area contributed by atoms with Crippen LogP contribution in [0.4, 0.5) is 0 Å². The Bertz CT molecular complexity index is 496. The van der Waals surface area contributed by atoms with Crippen LogP contribution >= 0.6 is 0 Å². The van der Waals surface area contributed by atoms with Crippen molar-refractivity contribution >= 4 is 5.78 Å². The monoisotopic (exact) mass is 304 g/mol. The van der Waals surface area contributed by atoms with Gasteiger partial charge >= 0.3 is 0 Å². The molecule has 0 amide bonds. The van der Waals surface area contributed by atoms with Gasteiger partial charge in [0.1, 0.15) is 5.78 Å². The van der Waals surface area contributed by atoms with Gasteiger partial charge in [-0.15, -0.1) is 0 Å². The molecule has 0 spiro atoms. The Hall–Kier alpha value is -0.370. The Morgan fingerprint density at radius 3 is 2.45 bits per heavy atom. The van der Waals surface area contributed by atoms with Gasteiger partial charge in [0, 0.05) is 12.8 Å². The molecule has 0 bridgehead atoms. The second-order valence-electron chi connectivity index (χ2n) is 9.67. The van der Waals surface area contributed by atoms with E-state index in [-0.39, 0.29) is 5.41 Å². The van der Waals surface area contributed by atoms with Crippen LogP contribution in [0, 0.1) is 34.5 Å². The highest BCUT2D eigenvalue weighted by molar-refractivity contribution is 5.79. The average molecular weight is 304 g/mol. The number of rotatable bonds is 0. The van der Waals surface area contributed by atoms with Gasteiger partial charge < -0.3 is 5.11 Å². The number of hydrogen-bond acceptors (Lipinski definition) is 2. The standard InChI is InChI=1S/C20H32O2/c1-18-9-6-14(21)12-13(18)4-5-15-16(18)7-10-19(2)17(15)8-11-20(19,3)22/h13,15-17,22H,4-12H2,1-3H3/t13?,15-,16+,17+,18+,19+,20-/m1/s1. The molecule has 0 saturated heterocycles. The predicted octanol–water partition coefficient (Wildman–Crippen LogP) is 4.35. The SMILES string of the molecule is C[C@]12CCC(=O)CC1CC[C@@H]1[C@@H]2CC[C@@]2(C)[C@H]1CC[C@@]2(C)O. The Morgan fingerprint density at radius 2 is 1.68 bits per heavy atom. The average Bonchev–Trinajstić information content (AvgIpc) is 2.70. The Balaban J connectivity index is 1.65. The summed E-state index contributed by atoms with van der Waals surface area (Å²) in [5.41, 5.74) is 0.0530. The third-order valence-electron chi connectivity index (χ3n) is 9.04. The van der Waals surface area contributed by atoms with Crippen molar-refractivity contribution in [1.82, 2.24) is 0 Å². The van der Waals surface area contributed by atoms with E-state index >= 15 is 0 Å². The lowest BCUT2D eigenvalue weighted by atomic mass is 9.44. The van der Waals surface area contributed by atoms with Crippen molar-refractivity contribution in [3.05, 3.63) is 0 Å². The van der Waals surface area contributed by atoms with Crippen molar-refractivity contribution in [2.45, 2.75) is 84.2 Å². The molecule has 22 heavy (non-hydrogen) atoms. The summed E-state index contributed by atoms with van der Waals surface area (Å²) in [6.45, 7) is 6.94. The molecule has 0 aromatic carbocycles. The fourth-order valence-corrected chi connectivity index (χ4v) is 7.29. The largest absolute Gasteiger partial charge is 0.390 e. The first-order valence-electron chi connectivity index (χ1n) is 9.52. The molecule has 1 N–H and O–H groups in total. The van der Waals surface area contributed by atoms with Crippen molar-refractivity contribution in [3.8, 4) is 0 Å². The topological polar surface area (TPSA) is 37.3 Å². The predicted molar refractivity (Wildman–Crippen MR) is 87.4 cm³/mol. The summed E-state index contributed by atoms with van der Waals surface area (Å²) in [7, 11) is 0. The summed E-state index contributed by atoms with van der Waals surface area (Å²) in [5, 5.41) is 10.9. The van der Waals surface area contributed by atoms with E-state index in [4.69, 9.17) is 0 Å². The molecule has 4 fully saturated rings. The molecule has 0 radical (unpaired) electrons. The maximum absolute atomic E-state index is 11.9. The molecule has 4 aliphatic carbocycles. The van der Waals surface area contributed by atoms with Crippen molar-refractivity contribution in [2.24, 2.45) is 34.5 Å². The quantitative estimate of drug-likeness (QED) is 0.722.